The van der Waals surface area contributed by atoms with E-state index >= 15 is 0 Å². The average Bonchev–Trinajstić information content (AvgIpc) is 2.44. The monoisotopic (exact) mass is 396 g/mol. The molecule has 0 heterocycles. The highest BCUT2D eigenvalue weighted by Gasteiger charge is 2.11. The second-order valence-electron chi connectivity index (χ2n) is 4.29. The Labute approximate surface area is 134 Å². The molecular formula is C15H14Br2N2O. The van der Waals surface area contributed by atoms with Crippen molar-refractivity contribution < 1.29 is 4.79 Å². The zero-order chi connectivity index (χ0) is 14.5. The Morgan fingerprint density at radius 1 is 1.00 bits per heavy atom. The van der Waals surface area contributed by atoms with Crippen LogP contribution in [0.3, 0.4) is 0 Å². The van der Waals surface area contributed by atoms with E-state index in [1.807, 2.05) is 42.5 Å². The van der Waals surface area contributed by atoms with Crippen molar-refractivity contribution in [3.63, 3.8) is 0 Å². The number of halogens is 2. The summed E-state index contributed by atoms with van der Waals surface area (Å²) in [4.78, 5) is 12.2. The second-order valence-corrected chi connectivity index (χ2v) is 6.00. The SMILES string of the molecule is NCc1ccccc1CC(=O)Nc1c(Br)cccc1Br. The Morgan fingerprint density at radius 3 is 2.20 bits per heavy atom. The van der Waals surface area contributed by atoms with E-state index in [0.717, 1.165) is 25.8 Å². The van der Waals surface area contributed by atoms with Crippen LogP contribution in [0.25, 0.3) is 0 Å². The molecule has 0 saturated heterocycles. The lowest BCUT2D eigenvalue weighted by atomic mass is 10.0. The number of hydrogen-bond donors (Lipinski definition) is 2. The zero-order valence-corrected chi connectivity index (χ0v) is 13.9. The molecule has 0 aromatic heterocycles. The molecule has 0 spiro atoms. The molecule has 2 aromatic carbocycles. The number of carbonyl (C=O) groups is 1. The fourth-order valence-electron chi connectivity index (χ4n) is 1.90. The molecule has 0 saturated carbocycles. The van der Waals surface area contributed by atoms with Crippen molar-refractivity contribution in [2.24, 2.45) is 5.73 Å². The maximum atomic E-state index is 12.2. The van der Waals surface area contributed by atoms with E-state index in [0.29, 0.717) is 13.0 Å². The highest BCUT2D eigenvalue weighted by atomic mass is 79.9. The molecule has 3 N–H and O–H groups in total. The summed E-state index contributed by atoms with van der Waals surface area (Å²) >= 11 is 6.85. The molecule has 104 valence electrons. The van der Waals surface area contributed by atoms with Crippen LogP contribution in [0.2, 0.25) is 0 Å². The van der Waals surface area contributed by atoms with Gasteiger partial charge in [-0.1, -0.05) is 30.3 Å². The molecule has 3 nitrogen and oxygen atoms in total. The van der Waals surface area contributed by atoms with Gasteiger partial charge < -0.3 is 11.1 Å². The summed E-state index contributed by atoms with van der Waals surface area (Å²) in [5.74, 6) is -0.0708. The van der Waals surface area contributed by atoms with E-state index < -0.39 is 0 Å². The normalized spacial score (nSPS) is 10.3. The Morgan fingerprint density at radius 2 is 1.60 bits per heavy atom. The molecule has 0 aliphatic carbocycles. The number of hydrogen-bond acceptors (Lipinski definition) is 2. The molecule has 0 atom stereocenters. The van der Waals surface area contributed by atoms with Gasteiger partial charge in [-0.2, -0.15) is 0 Å². The van der Waals surface area contributed by atoms with Crippen LogP contribution in [-0.2, 0) is 17.8 Å². The van der Waals surface area contributed by atoms with Gasteiger partial charge in [0, 0.05) is 15.5 Å². The van der Waals surface area contributed by atoms with Crippen LogP contribution in [0, 0.1) is 0 Å². The van der Waals surface area contributed by atoms with E-state index in [4.69, 9.17) is 5.73 Å². The van der Waals surface area contributed by atoms with Gasteiger partial charge in [0.25, 0.3) is 0 Å². The van der Waals surface area contributed by atoms with Crippen molar-refractivity contribution in [1.29, 1.82) is 0 Å². The van der Waals surface area contributed by atoms with Gasteiger partial charge in [-0.3, -0.25) is 4.79 Å². The third kappa shape index (κ3) is 3.69. The molecule has 20 heavy (non-hydrogen) atoms. The Bertz CT molecular complexity index is 609. The summed E-state index contributed by atoms with van der Waals surface area (Å²) in [7, 11) is 0. The molecule has 0 unspecified atom stereocenters. The van der Waals surface area contributed by atoms with Crippen LogP contribution in [0.15, 0.2) is 51.4 Å². The molecule has 2 rings (SSSR count). The van der Waals surface area contributed by atoms with Crippen LogP contribution >= 0.6 is 31.9 Å². The van der Waals surface area contributed by atoms with E-state index in [-0.39, 0.29) is 5.91 Å². The first kappa shape index (κ1) is 15.2. The fraction of sp³-hybridized carbons (Fsp3) is 0.133. The maximum Gasteiger partial charge on any atom is 0.228 e. The van der Waals surface area contributed by atoms with Crippen molar-refractivity contribution in [2.45, 2.75) is 13.0 Å². The number of para-hydroxylation sites is 1. The van der Waals surface area contributed by atoms with Gasteiger partial charge in [-0.15, -0.1) is 0 Å². The van der Waals surface area contributed by atoms with Crippen LogP contribution in [0.5, 0.6) is 0 Å². The third-order valence-corrected chi connectivity index (χ3v) is 4.24. The van der Waals surface area contributed by atoms with Crippen molar-refractivity contribution in [2.75, 3.05) is 5.32 Å². The first-order valence-corrected chi connectivity index (χ1v) is 7.71. The number of amides is 1. The zero-order valence-electron chi connectivity index (χ0n) is 10.7. The Balaban J connectivity index is 2.13. The molecule has 2 aromatic rings. The van der Waals surface area contributed by atoms with Crippen molar-refractivity contribution >= 4 is 43.5 Å². The summed E-state index contributed by atoms with van der Waals surface area (Å²) in [6.45, 7) is 0.433. The van der Waals surface area contributed by atoms with Gasteiger partial charge in [0.1, 0.15) is 0 Å². The smallest absolute Gasteiger partial charge is 0.228 e. The minimum atomic E-state index is -0.0708. The molecule has 0 aliphatic rings. The topological polar surface area (TPSA) is 55.1 Å². The summed E-state index contributed by atoms with van der Waals surface area (Å²) in [5, 5.41) is 2.90. The highest BCUT2D eigenvalue weighted by molar-refractivity contribution is 9.11. The van der Waals surface area contributed by atoms with Crippen LogP contribution in [0.1, 0.15) is 11.1 Å². The van der Waals surface area contributed by atoms with Gasteiger partial charge in [0.15, 0.2) is 0 Å². The first-order chi connectivity index (χ1) is 9.61. The standard InChI is InChI=1S/C15H14Br2N2O/c16-12-6-3-7-13(17)15(12)19-14(20)8-10-4-1-2-5-11(10)9-18/h1-7H,8-9,18H2,(H,19,20). The van der Waals surface area contributed by atoms with E-state index in [1.165, 1.54) is 0 Å². The first-order valence-electron chi connectivity index (χ1n) is 6.12. The lowest BCUT2D eigenvalue weighted by molar-refractivity contribution is -0.115. The number of nitrogens with two attached hydrogens (primary N) is 1. The number of anilines is 1. The van der Waals surface area contributed by atoms with Crippen molar-refractivity contribution in [3.05, 3.63) is 62.5 Å². The largest absolute Gasteiger partial charge is 0.326 e. The van der Waals surface area contributed by atoms with Crippen LogP contribution in [-0.4, -0.2) is 5.91 Å². The molecule has 0 radical (unpaired) electrons. The van der Waals surface area contributed by atoms with Crippen LogP contribution < -0.4 is 11.1 Å². The van der Waals surface area contributed by atoms with E-state index in [9.17, 15) is 4.79 Å². The lowest BCUT2D eigenvalue weighted by Crippen LogP contribution is -2.16. The number of rotatable bonds is 4. The Hall–Kier alpha value is -1.17. The van der Waals surface area contributed by atoms with Gasteiger partial charge in [0.2, 0.25) is 5.91 Å². The van der Waals surface area contributed by atoms with Gasteiger partial charge in [-0.05, 0) is 55.1 Å². The number of carbonyl (C=O) groups excluding carboxylic acids is 1. The van der Waals surface area contributed by atoms with Crippen molar-refractivity contribution in [3.8, 4) is 0 Å². The average molecular weight is 398 g/mol. The van der Waals surface area contributed by atoms with Gasteiger partial charge in [-0.25, -0.2) is 0 Å². The molecule has 1 amide bonds. The summed E-state index contributed by atoms with van der Waals surface area (Å²) in [6.07, 6.45) is 0.307. The van der Waals surface area contributed by atoms with Crippen LogP contribution in [0.4, 0.5) is 5.69 Å². The predicted molar refractivity (Wildman–Crippen MR) is 88.5 cm³/mol. The molecule has 0 fully saturated rings. The summed E-state index contributed by atoms with van der Waals surface area (Å²) in [6, 6.07) is 13.4. The minimum absolute atomic E-state index is 0.0708. The van der Waals surface area contributed by atoms with Crippen molar-refractivity contribution in [1.82, 2.24) is 0 Å². The van der Waals surface area contributed by atoms with E-state index in [2.05, 4.69) is 37.2 Å². The molecule has 5 heteroatoms. The molecular weight excluding hydrogens is 384 g/mol. The van der Waals surface area contributed by atoms with Gasteiger partial charge >= 0.3 is 0 Å². The minimum Gasteiger partial charge on any atom is -0.326 e. The molecule has 0 bridgehead atoms. The maximum absolute atomic E-state index is 12.2. The van der Waals surface area contributed by atoms with E-state index in [1.54, 1.807) is 0 Å². The van der Waals surface area contributed by atoms with Gasteiger partial charge in [0.05, 0.1) is 12.1 Å². The number of benzene rings is 2. The summed E-state index contributed by atoms with van der Waals surface area (Å²) < 4.78 is 1.68. The quantitative estimate of drug-likeness (QED) is 0.823. The third-order valence-electron chi connectivity index (χ3n) is 2.92. The lowest BCUT2D eigenvalue weighted by Gasteiger charge is -2.11. The molecule has 0 aliphatic heterocycles. The number of nitrogens with one attached hydrogen (secondary N) is 1. The summed E-state index contributed by atoms with van der Waals surface area (Å²) in [5.41, 5.74) is 8.37. The fourth-order valence-corrected chi connectivity index (χ4v) is 3.10. The Kier molecular flexibility index (Phi) is 5.34. The second kappa shape index (κ2) is 7.02. The highest BCUT2D eigenvalue weighted by Crippen LogP contribution is 2.30. The predicted octanol–water partition coefficient (Wildman–Crippen LogP) is 3.85.